The highest BCUT2D eigenvalue weighted by molar-refractivity contribution is 5.78. The van der Waals surface area contributed by atoms with Crippen LogP contribution in [-0.2, 0) is 9.53 Å². The van der Waals surface area contributed by atoms with Crippen molar-refractivity contribution in [2.24, 2.45) is 0 Å². The monoisotopic (exact) mass is 264 g/mol. The highest BCUT2D eigenvalue weighted by Crippen LogP contribution is 2.18. The van der Waals surface area contributed by atoms with Crippen LogP contribution in [0.1, 0.15) is 29.7 Å². The molecule has 2 N–H and O–H groups in total. The molecule has 0 aliphatic rings. The SMILES string of the molecule is COCCNCC(=O)NC(C)c1cc(C)ccc1C. The van der Waals surface area contributed by atoms with Crippen LogP contribution < -0.4 is 10.6 Å². The van der Waals surface area contributed by atoms with E-state index >= 15 is 0 Å². The zero-order valence-electron chi connectivity index (χ0n) is 12.2. The van der Waals surface area contributed by atoms with Crippen LogP contribution in [0.15, 0.2) is 18.2 Å². The Kier molecular flexibility index (Phi) is 6.53. The molecule has 0 bridgehead atoms. The lowest BCUT2D eigenvalue weighted by Crippen LogP contribution is -2.36. The summed E-state index contributed by atoms with van der Waals surface area (Å²) in [5.41, 5.74) is 3.58. The van der Waals surface area contributed by atoms with Crippen LogP contribution in [0.25, 0.3) is 0 Å². The van der Waals surface area contributed by atoms with Crippen LogP contribution in [0.4, 0.5) is 0 Å². The van der Waals surface area contributed by atoms with Crippen molar-refractivity contribution in [3.8, 4) is 0 Å². The molecule has 1 unspecified atom stereocenters. The minimum absolute atomic E-state index is 0.00418. The van der Waals surface area contributed by atoms with Gasteiger partial charge in [-0.05, 0) is 31.9 Å². The summed E-state index contributed by atoms with van der Waals surface area (Å²) >= 11 is 0. The molecular formula is C15H24N2O2. The lowest BCUT2D eigenvalue weighted by atomic mass is 10.00. The Morgan fingerprint density at radius 2 is 2.11 bits per heavy atom. The van der Waals surface area contributed by atoms with Gasteiger partial charge in [0.1, 0.15) is 0 Å². The van der Waals surface area contributed by atoms with E-state index in [2.05, 4.69) is 42.7 Å². The summed E-state index contributed by atoms with van der Waals surface area (Å²) in [4.78, 5) is 11.8. The molecule has 1 rings (SSSR count). The van der Waals surface area contributed by atoms with Crippen molar-refractivity contribution in [3.63, 3.8) is 0 Å². The van der Waals surface area contributed by atoms with Gasteiger partial charge in [-0.2, -0.15) is 0 Å². The zero-order valence-corrected chi connectivity index (χ0v) is 12.2. The predicted octanol–water partition coefficient (Wildman–Crippen LogP) is 1.72. The van der Waals surface area contributed by atoms with Crippen LogP contribution >= 0.6 is 0 Å². The van der Waals surface area contributed by atoms with Crippen LogP contribution in [0.5, 0.6) is 0 Å². The van der Waals surface area contributed by atoms with E-state index in [1.807, 2.05) is 6.92 Å². The second kappa shape index (κ2) is 7.92. The summed E-state index contributed by atoms with van der Waals surface area (Å²) in [6, 6.07) is 6.32. The molecule has 1 atom stereocenters. The zero-order chi connectivity index (χ0) is 14.3. The minimum atomic E-state index is 0.00418. The van der Waals surface area contributed by atoms with Crippen LogP contribution in [0, 0.1) is 13.8 Å². The number of carbonyl (C=O) groups is 1. The molecule has 1 amide bonds. The maximum Gasteiger partial charge on any atom is 0.234 e. The van der Waals surface area contributed by atoms with Crippen molar-refractivity contribution in [1.29, 1.82) is 0 Å². The average Bonchev–Trinajstić information content (AvgIpc) is 2.37. The Labute approximate surface area is 115 Å². The lowest BCUT2D eigenvalue weighted by Gasteiger charge is -2.17. The van der Waals surface area contributed by atoms with Gasteiger partial charge < -0.3 is 15.4 Å². The molecule has 0 saturated heterocycles. The van der Waals surface area contributed by atoms with Gasteiger partial charge in [0.05, 0.1) is 19.2 Å². The molecular weight excluding hydrogens is 240 g/mol. The number of methoxy groups -OCH3 is 1. The largest absolute Gasteiger partial charge is 0.383 e. The predicted molar refractivity (Wildman–Crippen MR) is 77.2 cm³/mol. The second-order valence-electron chi connectivity index (χ2n) is 4.82. The number of aryl methyl sites for hydroxylation is 2. The molecule has 0 saturated carbocycles. The van der Waals surface area contributed by atoms with Crippen molar-refractivity contribution < 1.29 is 9.53 Å². The Balaban J connectivity index is 2.47. The number of hydrogen-bond donors (Lipinski definition) is 2. The van der Waals surface area contributed by atoms with E-state index in [4.69, 9.17) is 4.74 Å². The highest BCUT2D eigenvalue weighted by Gasteiger charge is 2.11. The summed E-state index contributed by atoms with van der Waals surface area (Å²) in [6.45, 7) is 7.74. The van der Waals surface area contributed by atoms with Crippen molar-refractivity contribution in [3.05, 3.63) is 34.9 Å². The molecule has 0 radical (unpaired) electrons. The van der Waals surface area contributed by atoms with Crippen LogP contribution in [-0.4, -0.2) is 32.7 Å². The van der Waals surface area contributed by atoms with Gasteiger partial charge in [-0.3, -0.25) is 4.79 Å². The van der Waals surface area contributed by atoms with Gasteiger partial charge in [-0.25, -0.2) is 0 Å². The maximum atomic E-state index is 11.8. The van der Waals surface area contributed by atoms with Gasteiger partial charge in [0, 0.05) is 13.7 Å². The summed E-state index contributed by atoms with van der Waals surface area (Å²) in [5, 5.41) is 6.03. The minimum Gasteiger partial charge on any atom is -0.383 e. The normalized spacial score (nSPS) is 12.2. The van der Waals surface area contributed by atoms with Gasteiger partial charge in [0.2, 0.25) is 5.91 Å². The van der Waals surface area contributed by atoms with E-state index in [0.717, 1.165) is 0 Å². The summed E-state index contributed by atoms with van der Waals surface area (Å²) in [5.74, 6) is 0.00418. The first-order chi connectivity index (χ1) is 9.04. The molecule has 0 aliphatic carbocycles. The number of carbonyl (C=O) groups excluding carboxylic acids is 1. The Bertz CT molecular complexity index is 419. The van der Waals surface area contributed by atoms with Gasteiger partial charge >= 0.3 is 0 Å². The Hall–Kier alpha value is -1.39. The van der Waals surface area contributed by atoms with E-state index in [0.29, 0.717) is 19.7 Å². The van der Waals surface area contributed by atoms with E-state index in [9.17, 15) is 4.79 Å². The second-order valence-corrected chi connectivity index (χ2v) is 4.82. The first-order valence-corrected chi connectivity index (χ1v) is 6.60. The summed E-state index contributed by atoms with van der Waals surface area (Å²) < 4.78 is 4.91. The van der Waals surface area contributed by atoms with Crippen molar-refractivity contribution in [2.45, 2.75) is 26.8 Å². The maximum absolute atomic E-state index is 11.8. The third kappa shape index (κ3) is 5.41. The third-order valence-electron chi connectivity index (χ3n) is 3.05. The van der Waals surface area contributed by atoms with E-state index < -0.39 is 0 Å². The summed E-state index contributed by atoms with van der Waals surface area (Å²) in [7, 11) is 1.64. The van der Waals surface area contributed by atoms with Gasteiger partial charge in [0.15, 0.2) is 0 Å². The molecule has 1 aromatic carbocycles. The topological polar surface area (TPSA) is 50.4 Å². The van der Waals surface area contributed by atoms with Crippen LogP contribution in [0.3, 0.4) is 0 Å². The fourth-order valence-corrected chi connectivity index (χ4v) is 1.97. The van der Waals surface area contributed by atoms with Crippen molar-refractivity contribution >= 4 is 5.91 Å². The van der Waals surface area contributed by atoms with E-state index in [-0.39, 0.29) is 11.9 Å². The summed E-state index contributed by atoms with van der Waals surface area (Å²) in [6.07, 6.45) is 0. The first kappa shape index (κ1) is 15.7. The number of nitrogens with one attached hydrogen (secondary N) is 2. The molecule has 0 fully saturated rings. The molecule has 0 heterocycles. The molecule has 0 spiro atoms. The third-order valence-corrected chi connectivity index (χ3v) is 3.05. The molecule has 1 aromatic rings. The Morgan fingerprint density at radius 1 is 1.37 bits per heavy atom. The first-order valence-electron chi connectivity index (χ1n) is 6.60. The number of ether oxygens (including phenoxy) is 1. The highest BCUT2D eigenvalue weighted by atomic mass is 16.5. The number of rotatable bonds is 7. The fraction of sp³-hybridized carbons (Fsp3) is 0.533. The number of hydrogen-bond acceptors (Lipinski definition) is 3. The smallest absolute Gasteiger partial charge is 0.234 e. The standard InChI is InChI=1S/C15H24N2O2/c1-11-5-6-12(2)14(9-11)13(3)17-15(18)10-16-7-8-19-4/h5-6,9,13,16H,7-8,10H2,1-4H3,(H,17,18). The van der Waals surface area contributed by atoms with Gasteiger partial charge in [0.25, 0.3) is 0 Å². The lowest BCUT2D eigenvalue weighted by molar-refractivity contribution is -0.120. The van der Waals surface area contributed by atoms with Gasteiger partial charge in [-0.15, -0.1) is 0 Å². The van der Waals surface area contributed by atoms with Crippen molar-refractivity contribution in [2.75, 3.05) is 26.8 Å². The van der Waals surface area contributed by atoms with Crippen molar-refractivity contribution in [1.82, 2.24) is 10.6 Å². The van der Waals surface area contributed by atoms with Gasteiger partial charge in [-0.1, -0.05) is 23.8 Å². The molecule has 0 aliphatic heterocycles. The Morgan fingerprint density at radius 3 is 2.79 bits per heavy atom. The van der Waals surface area contributed by atoms with E-state index in [1.165, 1.54) is 16.7 Å². The molecule has 4 heteroatoms. The molecule has 106 valence electrons. The average molecular weight is 264 g/mol. The van der Waals surface area contributed by atoms with Crippen LogP contribution in [0.2, 0.25) is 0 Å². The van der Waals surface area contributed by atoms with E-state index in [1.54, 1.807) is 7.11 Å². The fourth-order valence-electron chi connectivity index (χ4n) is 1.97. The number of amides is 1. The number of benzene rings is 1. The quantitative estimate of drug-likeness (QED) is 0.737. The molecule has 19 heavy (non-hydrogen) atoms. The molecule has 4 nitrogen and oxygen atoms in total. The molecule has 0 aromatic heterocycles.